The molecule has 0 saturated heterocycles. The Labute approximate surface area is 228 Å². The van der Waals surface area contributed by atoms with E-state index in [-0.39, 0.29) is 51.7 Å². The van der Waals surface area contributed by atoms with E-state index in [0.29, 0.717) is 24.2 Å². The third-order valence-electron chi connectivity index (χ3n) is 4.50. The van der Waals surface area contributed by atoms with Crippen LogP contribution in [0.3, 0.4) is 0 Å². The van der Waals surface area contributed by atoms with Crippen LogP contribution in [0.1, 0.15) is 104 Å². The summed E-state index contributed by atoms with van der Waals surface area (Å²) in [4.78, 5) is 57.0. The molecule has 218 valence electrons. The van der Waals surface area contributed by atoms with Crippen LogP contribution in [0.25, 0.3) is 0 Å². The van der Waals surface area contributed by atoms with E-state index in [4.69, 9.17) is 20.2 Å². The molecule has 2 amide bonds. The molecule has 0 saturated carbocycles. The molecule has 0 spiro atoms. The molecule has 0 unspecified atom stereocenters. The van der Waals surface area contributed by atoms with E-state index in [1.54, 1.807) is 52.0 Å². The summed E-state index contributed by atoms with van der Waals surface area (Å²) in [6.45, 7) is 15.0. The number of esters is 2. The molecule has 1 aromatic carbocycles. The lowest BCUT2D eigenvalue weighted by Gasteiger charge is -2.21. The standard InChI is InChI=1S/C17H21NO5.C9H19NO3.2CH4/c1-11(9-14(19)23-17(2,3)4)10-22-18-15(20)12-7-5-6-8-13(12)16(18)21;1-7(6-12-10)5-8(11)13-9(2,3)4;;/h5-8,11H,9-10H2,1-4H3;7H,5-6,10H2,1-4H3;2*1H4/t11-;7-;;/m11../s1. The SMILES string of the molecule is C.C.C[C@@H](CON)CC(=O)OC(C)(C)C.C[C@@H](CON1C(=O)c2ccccc2C1=O)CC(=O)OC(C)(C)C. The summed E-state index contributed by atoms with van der Waals surface area (Å²) in [5.74, 6) is 3.29. The van der Waals surface area contributed by atoms with Gasteiger partial charge in [0.2, 0.25) is 0 Å². The zero-order valence-corrected chi connectivity index (χ0v) is 22.6. The molecule has 0 bridgehead atoms. The predicted octanol–water partition coefficient (Wildman–Crippen LogP) is 5.10. The summed E-state index contributed by atoms with van der Waals surface area (Å²) in [5, 5.41) is 0.760. The van der Waals surface area contributed by atoms with E-state index >= 15 is 0 Å². The number of carbonyl (C=O) groups excluding carboxylic acids is 4. The van der Waals surface area contributed by atoms with Gasteiger partial charge in [0.15, 0.2) is 0 Å². The molecular weight excluding hydrogens is 492 g/mol. The Kier molecular flexibility index (Phi) is 15.9. The van der Waals surface area contributed by atoms with E-state index < -0.39 is 23.0 Å². The van der Waals surface area contributed by atoms with Crippen molar-refractivity contribution in [1.29, 1.82) is 0 Å². The van der Waals surface area contributed by atoms with Crippen molar-refractivity contribution >= 4 is 23.8 Å². The number of nitrogens with two attached hydrogens (primary N) is 1. The molecule has 1 aromatic rings. The van der Waals surface area contributed by atoms with Crippen LogP contribution in [0.5, 0.6) is 0 Å². The fourth-order valence-electron chi connectivity index (χ4n) is 3.10. The maximum absolute atomic E-state index is 12.1. The summed E-state index contributed by atoms with van der Waals surface area (Å²) in [7, 11) is 0. The van der Waals surface area contributed by atoms with Gasteiger partial charge < -0.3 is 14.3 Å². The Balaban J connectivity index is 0. The number of fused-ring (bicyclic) bond motifs is 1. The van der Waals surface area contributed by atoms with Crippen LogP contribution in [0.4, 0.5) is 0 Å². The van der Waals surface area contributed by atoms with Gasteiger partial charge in [-0.25, -0.2) is 5.90 Å². The molecule has 0 fully saturated rings. The Bertz CT molecular complexity index is 883. The average Bonchev–Trinajstić information content (AvgIpc) is 2.94. The normalized spacial score (nSPS) is 14.2. The molecule has 2 rings (SSSR count). The zero-order chi connectivity index (χ0) is 27.7. The van der Waals surface area contributed by atoms with Crippen LogP contribution >= 0.6 is 0 Å². The fraction of sp³-hybridized carbons (Fsp3) is 0.643. The van der Waals surface area contributed by atoms with E-state index in [0.717, 1.165) is 5.06 Å². The minimum Gasteiger partial charge on any atom is -0.460 e. The maximum Gasteiger partial charge on any atom is 0.306 e. The average molecular weight is 541 g/mol. The van der Waals surface area contributed by atoms with Crippen molar-refractivity contribution in [2.75, 3.05) is 13.2 Å². The van der Waals surface area contributed by atoms with Crippen LogP contribution in [0, 0.1) is 11.8 Å². The van der Waals surface area contributed by atoms with Gasteiger partial charge in [-0.15, -0.1) is 5.06 Å². The van der Waals surface area contributed by atoms with Gasteiger partial charge in [-0.05, 0) is 65.5 Å². The monoisotopic (exact) mass is 540 g/mol. The highest BCUT2D eigenvalue weighted by atomic mass is 16.7. The lowest BCUT2D eigenvalue weighted by Crippen LogP contribution is -2.32. The largest absolute Gasteiger partial charge is 0.460 e. The van der Waals surface area contributed by atoms with Crippen LogP contribution in [-0.2, 0) is 28.7 Å². The first-order valence-corrected chi connectivity index (χ1v) is 11.9. The number of hydrogen-bond acceptors (Lipinski definition) is 9. The van der Waals surface area contributed by atoms with Gasteiger partial charge in [-0.3, -0.25) is 24.0 Å². The van der Waals surface area contributed by atoms with Crippen molar-refractivity contribution in [2.45, 2.75) is 94.3 Å². The van der Waals surface area contributed by atoms with Gasteiger partial charge in [-0.1, -0.05) is 40.8 Å². The predicted molar refractivity (Wildman–Crippen MR) is 146 cm³/mol. The number of nitrogens with zero attached hydrogens (tertiary/aromatic N) is 1. The second-order valence-electron chi connectivity index (χ2n) is 10.9. The quantitative estimate of drug-likeness (QED) is 0.258. The Morgan fingerprint density at radius 3 is 1.50 bits per heavy atom. The molecule has 2 N–H and O–H groups in total. The lowest BCUT2D eigenvalue weighted by molar-refractivity contribution is -0.158. The van der Waals surface area contributed by atoms with Gasteiger partial charge >= 0.3 is 11.9 Å². The molecule has 0 radical (unpaired) electrons. The smallest absolute Gasteiger partial charge is 0.306 e. The second-order valence-corrected chi connectivity index (χ2v) is 10.9. The fourth-order valence-corrected chi connectivity index (χ4v) is 3.10. The number of imide groups is 1. The number of amides is 2. The molecule has 0 aliphatic carbocycles. The summed E-state index contributed by atoms with van der Waals surface area (Å²) >= 11 is 0. The van der Waals surface area contributed by atoms with Crippen molar-refractivity contribution in [2.24, 2.45) is 17.7 Å². The molecule has 1 aliphatic heterocycles. The number of hydrogen-bond donors (Lipinski definition) is 1. The highest BCUT2D eigenvalue weighted by molar-refractivity contribution is 6.20. The molecule has 1 heterocycles. The lowest BCUT2D eigenvalue weighted by atomic mass is 10.1. The third-order valence-corrected chi connectivity index (χ3v) is 4.50. The van der Waals surface area contributed by atoms with Crippen molar-refractivity contribution in [3.05, 3.63) is 35.4 Å². The Morgan fingerprint density at radius 1 is 0.789 bits per heavy atom. The molecule has 0 aromatic heterocycles. The van der Waals surface area contributed by atoms with Gasteiger partial charge in [0.25, 0.3) is 11.8 Å². The van der Waals surface area contributed by atoms with Crippen molar-refractivity contribution in [3.8, 4) is 0 Å². The van der Waals surface area contributed by atoms with E-state index in [1.165, 1.54) is 0 Å². The van der Waals surface area contributed by atoms with Gasteiger partial charge in [0.1, 0.15) is 11.2 Å². The molecule has 1 aliphatic rings. The Morgan fingerprint density at radius 2 is 1.16 bits per heavy atom. The maximum atomic E-state index is 12.1. The molecule has 10 heteroatoms. The van der Waals surface area contributed by atoms with Crippen LogP contribution in [0.2, 0.25) is 0 Å². The minimum absolute atomic E-state index is 0. The topological polar surface area (TPSA) is 134 Å². The summed E-state index contributed by atoms with van der Waals surface area (Å²) in [6.07, 6.45) is 0.495. The first-order valence-electron chi connectivity index (χ1n) is 11.9. The highest BCUT2D eigenvalue weighted by Crippen LogP contribution is 2.23. The van der Waals surface area contributed by atoms with Crippen molar-refractivity contribution in [3.63, 3.8) is 0 Å². The summed E-state index contributed by atoms with van der Waals surface area (Å²) < 4.78 is 10.4. The summed E-state index contributed by atoms with van der Waals surface area (Å²) in [6, 6.07) is 6.56. The first kappa shape index (κ1) is 37.3. The van der Waals surface area contributed by atoms with Crippen molar-refractivity contribution < 1.29 is 38.3 Å². The van der Waals surface area contributed by atoms with Gasteiger partial charge in [-0.2, -0.15) is 0 Å². The van der Waals surface area contributed by atoms with E-state index in [2.05, 4.69) is 4.84 Å². The molecular formula is C28H48N2O8. The zero-order valence-electron chi connectivity index (χ0n) is 22.6. The van der Waals surface area contributed by atoms with Crippen molar-refractivity contribution in [1.82, 2.24) is 5.06 Å². The van der Waals surface area contributed by atoms with Gasteiger partial charge in [0.05, 0.1) is 37.2 Å². The van der Waals surface area contributed by atoms with Crippen LogP contribution in [0.15, 0.2) is 24.3 Å². The third kappa shape index (κ3) is 13.6. The number of ether oxygens (including phenoxy) is 2. The number of carbonyl (C=O) groups is 4. The van der Waals surface area contributed by atoms with Gasteiger partial charge in [0, 0.05) is 0 Å². The number of rotatable bonds is 9. The van der Waals surface area contributed by atoms with Crippen LogP contribution < -0.4 is 5.90 Å². The van der Waals surface area contributed by atoms with E-state index in [9.17, 15) is 19.2 Å². The summed E-state index contributed by atoms with van der Waals surface area (Å²) in [5.41, 5.74) is -0.296. The number of hydroxylamine groups is 2. The minimum atomic E-state index is -0.541. The Hall–Kier alpha value is -2.82. The molecule has 10 nitrogen and oxygen atoms in total. The molecule has 2 atom stereocenters. The number of benzene rings is 1. The second kappa shape index (κ2) is 16.2. The highest BCUT2D eigenvalue weighted by Gasteiger charge is 2.36. The van der Waals surface area contributed by atoms with Crippen LogP contribution in [-0.4, -0.2) is 53.2 Å². The first-order chi connectivity index (χ1) is 16.5. The van der Waals surface area contributed by atoms with E-state index in [1.807, 2.05) is 27.7 Å². The molecule has 38 heavy (non-hydrogen) atoms.